The zero-order chi connectivity index (χ0) is 18.8. The van der Waals surface area contributed by atoms with E-state index in [4.69, 9.17) is 13.9 Å². The maximum atomic E-state index is 13.2. The third-order valence-corrected chi connectivity index (χ3v) is 4.74. The van der Waals surface area contributed by atoms with Gasteiger partial charge in [0.2, 0.25) is 5.43 Å². The number of hydrogen-bond acceptors (Lipinski definition) is 6. The normalized spacial score (nSPS) is 12.3. The number of carboxylic acid groups (broad SMARTS) is 1. The minimum absolute atomic E-state index is 0.219. The van der Waals surface area contributed by atoms with E-state index >= 15 is 0 Å². The van der Waals surface area contributed by atoms with Crippen molar-refractivity contribution in [1.82, 2.24) is 10.3 Å². The molecule has 0 bridgehead atoms. The molecule has 0 spiro atoms. The maximum Gasteiger partial charge on any atom is 0.405 e. The number of aryl methyl sites for hydroxylation is 1. The molecule has 7 nitrogen and oxygen atoms in total. The molecule has 0 saturated heterocycles. The molecule has 0 aliphatic heterocycles. The Balaban J connectivity index is 2.33. The summed E-state index contributed by atoms with van der Waals surface area (Å²) < 4.78 is 11.1. The minimum atomic E-state index is -1.14. The molecule has 2 heterocycles. The number of hydrogen-bond donors (Lipinski definition) is 2. The van der Waals surface area contributed by atoms with Crippen molar-refractivity contribution >= 4 is 28.8 Å². The van der Waals surface area contributed by atoms with E-state index in [0.717, 1.165) is 5.56 Å². The van der Waals surface area contributed by atoms with Crippen molar-refractivity contribution in [2.45, 2.75) is 31.9 Å². The molecule has 26 heavy (non-hydrogen) atoms. The van der Waals surface area contributed by atoms with Crippen LogP contribution in [-0.2, 0) is 0 Å². The fourth-order valence-corrected chi connectivity index (χ4v) is 3.58. The molecular weight excluding hydrogens is 356 g/mol. The van der Waals surface area contributed by atoms with Crippen molar-refractivity contribution in [1.29, 1.82) is 0 Å². The number of amides is 1. The van der Waals surface area contributed by atoms with E-state index in [1.165, 1.54) is 24.4 Å². The number of aromatic nitrogens is 1. The average Bonchev–Trinajstić information content (AvgIpc) is 3.09. The van der Waals surface area contributed by atoms with Crippen LogP contribution in [0.1, 0.15) is 31.0 Å². The van der Waals surface area contributed by atoms with Gasteiger partial charge in [0.25, 0.3) is 0 Å². The van der Waals surface area contributed by atoms with Crippen molar-refractivity contribution in [3.63, 3.8) is 0 Å². The highest BCUT2D eigenvalue weighted by Crippen LogP contribution is 2.34. The predicted molar refractivity (Wildman–Crippen MR) is 98.7 cm³/mol. The summed E-state index contributed by atoms with van der Waals surface area (Å²) in [5.41, 5.74) is 2.38. The third kappa shape index (κ3) is 3.32. The number of nitrogens with one attached hydrogen (secondary N) is 1. The first-order chi connectivity index (χ1) is 12.4. The summed E-state index contributed by atoms with van der Waals surface area (Å²) in [6.07, 6.45) is 1.53. The number of carbonyl (C=O) groups is 1. The Morgan fingerprint density at radius 1 is 1.42 bits per heavy atom. The Kier molecular flexibility index (Phi) is 5.03. The smallest absolute Gasteiger partial charge is 0.405 e. The summed E-state index contributed by atoms with van der Waals surface area (Å²) in [5, 5.41) is 12.3. The second kappa shape index (κ2) is 7.25. The number of nitrogens with zero attached hydrogens (tertiary/aromatic N) is 1. The molecule has 1 atom stereocenters. The molecule has 2 N–H and O–H groups in total. The molecule has 0 radical (unpaired) electrons. The Morgan fingerprint density at radius 3 is 2.81 bits per heavy atom. The van der Waals surface area contributed by atoms with Crippen LogP contribution in [0.2, 0.25) is 0 Å². The van der Waals surface area contributed by atoms with Crippen molar-refractivity contribution in [3.05, 3.63) is 46.1 Å². The Labute approximate surface area is 153 Å². The van der Waals surface area contributed by atoms with Crippen molar-refractivity contribution in [2.75, 3.05) is 5.75 Å². The van der Waals surface area contributed by atoms with Crippen molar-refractivity contribution in [2.24, 2.45) is 0 Å². The maximum absolute atomic E-state index is 13.2. The largest absolute Gasteiger partial charge is 0.465 e. The SMILES string of the molecule is CCSc1oc2c([C@@H](C)NC(=O)O)cc(C)cc2c(=O)c1-c1cocn1. The van der Waals surface area contributed by atoms with Gasteiger partial charge < -0.3 is 19.3 Å². The van der Waals surface area contributed by atoms with E-state index in [9.17, 15) is 9.59 Å². The Morgan fingerprint density at radius 2 is 2.19 bits per heavy atom. The Hall–Kier alpha value is -2.74. The molecule has 0 aliphatic carbocycles. The van der Waals surface area contributed by atoms with Crippen LogP contribution >= 0.6 is 11.8 Å². The minimum Gasteiger partial charge on any atom is -0.465 e. The van der Waals surface area contributed by atoms with Crippen LogP contribution in [-0.4, -0.2) is 21.9 Å². The van der Waals surface area contributed by atoms with Gasteiger partial charge in [-0.1, -0.05) is 24.8 Å². The molecule has 0 unspecified atom stereocenters. The first-order valence-corrected chi connectivity index (χ1v) is 9.03. The topological polar surface area (TPSA) is 106 Å². The fourth-order valence-electron chi connectivity index (χ4n) is 2.83. The molecule has 2 aromatic heterocycles. The van der Waals surface area contributed by atoms with E-state index in [1.807, 2.05) is 19.9 Å². The van der Waals surface area contributed by atoms with Gasteiger partial charge in [-0.15, -0.1) is 0 Å². The summed E-state index contributed by atoms with van der Waals surface area (Å²) >= 11 is 1.38. The molecule has 136 valence electrons. The summed E-state index contributed by atoms with van der Waals surface area (Å²) in [4.78, 5) is 28.3. The van der Waals surface area contributed by atoms with Crippen LogP contribution in [0.5, 0.6) is 0 Å². The van der Waals surface area contributed by atoms with Gasteiger partial charge in [0, 0.05) is 5.56 Å². The zero-order valence-corrected chi connectivity index (χ0v) is 15.3. The summed E-state index contributed by atoms with van der Waals surface area (Å²) in [7, 11) is 0. The summed E-state index contributed by atoms with van der Waals surface area (Å²) in [6.45, 7) is 5.51. The van der Waals surface area contributed by atoms with Gasteiger partial charge >= 0.3 is 6.09 Å². The van der Waals surface area contributed by atoms with Crippen molar-refractivity contribution in [3.8, 4) is 11.3 Å². The molecule has 1 amide bonds. The quantitative estimate of drug-likeness (QED) is 0.645. The van der Waals surface area contributed by atoms with E-state index in [0.29, 0.717) is 38.6 Å². The van der Waals surface area contributed by atoms with Gasteiger partial charge in [-0.3, -0.25) is 4.79 Å². The number of oxazole rings is 1. The molecule has 8 heteroatoms. The van der Waals surface area contributed by atoms with E-state index in [1.54, 1.807) is 13.0 Å². The third-order valence-electron chi connectivity index (χ3n) is 3.90. The van der Waals surface area contributed by atoms with Crippen molar-refractivity contribution < 1.29 is 18.7 Å². The lowest BCUT2D eigenvalue weighted by molar-refractivity contribution is 0.191. The average molecular weight is 374 g/mol. The number of fused-ring (bicyclic) bond motifs is 1. The van der Waals surface area contributed by atoms with Crippen LogP contribution in [0.3, 0.4) is 0 Å². The van der Waals surface area contributed by atoms with Crippen LogP contribution in [0.25, 0.3) is 22.2 Å². The van der Waals surface area contributed by atoms with Crippen LogP contribution in [0.4, 0.5) is 4.79 Å². The highest BCUT2D eigenvalue weighted by molar-refractivity contribution is 7.99. The van der Waals surface area contributed by atoms with E-state index in [2.05, 4.69) is 10.3 Å². The lowest BCUT2D eigenvalue weighted by atomic mass is 10.0. The monoisotopic (exact) mass is 374 g/mol. The first kappa shape index (κ1) is 18.1. The molecule has 0 saturated carbocycles. The standard InChI is InChI=1S/C18H18N2O5S/c1-4-26-17-14(13-7-24-8-19-13)15(21)12-6-9(2)5-11(16(12)25-17)10(3)20-18(22)23/h5-8,10,20H,4H2,1-3H3,(H,22,23)/t10-/m1/s1. The van der Waals surface area contributed by atoms with Gasteiger partial charge in [-0.25, -0.2) is 9.78 Å². The molecule has 3 rings (SSSR count). The number of rotatable bonds is 5. The molecule has 3 aromatic rings. The van der Waals surface area contributed by atoms with Crippen LogP contribution < -0.4 is 10.7 Å². The summed E-state index contributed by atoms with van der Waals surface area (Å²) in [6, 6.07) is 3.03. The Bertz CT molecular complexity index is 1010. The molecular formula is C18H18N2O5S. The molecule has 0 fully saturated rings. The van der Waals surface area contributed by atoms with Gasteiger partial charge in [0.1, 0.15) is 23.1 Å². The molecule has 1 aromatic carbocycles. The van der Waals surface area contributed by atoms with Crippen LogP contribution in [0.15, 0.2) is 43.5 Å². The predicted octanol–water partition coefficient (Wildman–Crippen LogP) is 4.20. The van der Waals surface area contributed by atoms with Gasteiger partial charge in [0.15, 0.2) is 11.5 Å². The lowest BCUT2D eigenvalue weighted by Crippen LogP contribution is -2.25. The summed E-state index contributed by atoms with van der Waals surface area (Å²) in [5.74, 6) is 0.698. The second-order valence-electron chi connectivity index (χ2n) is 5.80. The van der Waals surface area contributed by atoms with Crippen LogP contribution in [0, 0.1) is 6.92 Å². The van der Waals surface area contributed by atoms with Gasteiger partial charge in [-0.05, 0) is 31.2 Å². The highest BCUT2D eigenvalue weighted by Gasteiger charge is 2.22. The number of thioether (sulfide) groups is 1. The molecule has 0 aliphatic rings. The zero-order valence-electron chi connectivity index (χ0n) is 14.5. The fraction of sp³-hybridized carbons (Fsp3) is 0.278. The van der Waals surface area contributed by atoms with E-state index < -0.39 is 12.1 Å². The van der Waals surface area contributed by atoms with Gasteiger partial charge in [0.05, 0.1) is 11.4 Å². The number of benzene rings is 1. The lowest BCUT2D eigenvalue weighted by Gasteiger charge is -2.16. The second-order valence-corrected chi connectivity index (χ2v) is 7.04. The first-order valence-electron chi connectivity index (χ1n) is 8.04. The highest BCUT2D eigenvalue weighted by atomic mass is 32.2. The van der Waals surface area contributed by atoms with Gasteiger partial charge in [-0.2, -0.15) is 0 Å². The van der Waals surface area contributed by atoms with E-state index in [-0.39, 0.29) is 5.43 Å².